The van der Waals surface area contributed by atoms with E-state index in [1.807, 2.05) is 32.4 Å². The lowest BCUT2D eigenvalue weighted by Crippen LogP contribution is -2.13. The van der Waals surface area contributed by atoms with E-state index < -0.39 is 9.84 Å². The molecule has 3 heterocycles. The minimum atomic E-state index is -2.94. The van der Waals surface area contributed by atoms with E-state index in [0.29, 0.717) is 29.0 Å². The van der Waals surface area contributed by atoms with E-state index in [-0.39, 0.29) is 22.8 Å². The van der Waals surface area contributed by atoms with Crippen LogP contribution >= 0.6 is 11.8 Å². The summed E-state index contributed by atoms with van der Waals surface area (Å²) < 4.78 is 30.4. The van der Waals surface area contributed by atoms with Crippen LogP contribution < -0.4 is 0 Å². The quantitative estimate of drug-likeness (QED) is 0.748. The Bertz CT molecular complexity index is 835. The second kappa shape index (κ2) is 6.14. The van der Waals surface area contributed by atoms with Crippen molar-refractivity contribution in [3.8, 4) is 0 Å². The van der Waals surface area contributed by atoms with Crippen LogP contribution in [0.3, 0.4) is 0 Å². The van der Waals surface area contributed by atoms with Crippen molar-refractivity contribution in [2.24, 2.45) is 7.05 Å². The van der Waals surface area contributed by atoms with Crippen LogP contribution in [0.25, 0.3) is 0 Å². The molecule has 1 aliphatic heterocycles. The van der Waals surface area contributed by atoms with Gasteiger partial charge in [-0.05, 0) is 6.42 Å². The van der Waals surface area contributed by atoms with Gasteiger partial charge in [-0.1, -0.05) is 37.7 Å². The number of rotatable bonds is 4. The van der Waals surface area contributed by atoms with E-state index >= 15 is 0 Å². The molecule has 8 nitrogen and oxygen atoms in total. The first kappa shape index (κ1) is 17.4. The molecule has 0 saturated carbocycles. The van der Waals surface area contributed by atoms with Gasteiger partial charge in [0.25, 0.3) is 0 Å². The average molecular weight is 371 g/mol. The molecule has 1 aliphatic rings. The van der Waals surface area contributed by atoms with Crippen molar-refractivity contribution in [1.29, 1.82) is 0 Å². The number of hydrogen-bond acceptors (Lipinski definition) is 8. The molecule has 10 heteroatoms. The van der Waals surface area contributed by atoms with Crippen LogP contribution in [-0.2, 0) is 28.1 Å². The summed E-state index contributed by atoms with van der Waals surface area (Å²) >= 11 is 1.45. The molecule has 0 bridgehead atoms. The molecule has 0 amide bonds. The van der Waals surface area contributed by atoms with E-state index in [0.717, 1.165) is 5.82 Å². The first-order valence-electron chi connectivity index (χ1n) is 7.71. The predicted molar refractivity (Wildman–Crippen MR) is 89.6 cm³/mol. The third kappa shape index (κ3) is 3.64. The lowest BCUT2D eigenvalue weighted by atomic mass is 9.96. The Morgan fingerprint density at radius 3 is 2.67 bits per heavy atom. The molecule has 1 fully saturated rings. The van der Waals surface area contributed by atoms with Gasteiger partial charge in [-0.3, -0.25) is 0 Å². The van der Waals surface area contributed by atoms with Gasteiger partial charge in [0, 0.05) is 18.4 Å². The molecule has 24 heavy (non-hydrogen) atoms. The first-order chi connectivity index (χ1) is 11.2. The Labute approximate surface area is 145 Å². The molecule has 0 N–H and O–H groups in total. The van der Waals surface area contributed by atoms with Crippen LogP contribution in [0, 0.1) is 0 Å². The molecular formula is C14H21N5O3S2. The monoisotopic (exact) mass is 371 g/mol. The molecule has 3 rings (SSSR count). The Morgan fingerprint density at radius 2 is 2.08 bits per heavy atom. The minimum Gasteiger partial charge on any atom is -0.338 e. The molecule has 0 radical (unpaired) electrons. The zero-order valence-corrected chi connectivity index (χ0v) is 15.8. The van der Waals surface area contributed by atoms with Gasteiger partial charge in [0.2, 0.25) is 5.89 Å². The molecule has 132 valence electrons. The van der Waals surface area contributed by atoms with E-state index in [2.05, 4.69) is 20.3 Å². The van der Waals surface area contributed by atoms with Gasteiger partial charge < -0.3 is 9.09 Å². The summed E-state index contributed by atoms with van der Waals surface area (Å²) in [5.41, 5.74) is -0.154. The Hall–Kier alpha value is -1.42. The second-order valence-electron chi connectivity index (χ2n) is 7.05. The van der Waals surface area contributed by atoms with E-state index in [1.54, 1.807) is 0 Å². The smallest absolute Gasteiger partial charge is 0.237 e. The van der Waals surface area contributed by atoms with Crippen molar-refractivity contribution in [1.82, 2.24) is 24.9 Å². The predicted octanol–water partition coefficient (Wildman–Crippen LogP) is 1.69. The standard InChI is InChI=1S/C14H21N5O3S2/c1-14(2,3)12-15-10(22-18-12)7-23-13-17-16-11(19(13)4)9-5-6-24(20,21)8-9/h9H,5-8H2,1-4H3. The van der Waals surface area contributed by atoms with Crippen molar-refractivity contribution < 1.29 is 12.9 Å². The maximum atomic E-state index is 11.6. The molecule has 2 aromatic heterocycles. The highest BCUT2D eigenvalue weighted by molar-refractivity contribution is 7.98. The lowest BCUT2D eigenvalue weighted by molar-refractivity contribution is 0.372. The lowest BCUT2D eigenvalue weighted by Gasteiger charge is -2.10. The van der Waals surface area contributed by atoms with E-state index in [1.165, 1.54) is 11.8 Å². The Morgan fingerprint density at radius 1 is 1.33 bits per heavy atom. The molecular weight excluding hydrogens is 350 g/mol. The van der Waals surface area contributed by atoms with Crippen molar-refractivity contribution in [2.45, 2.75) is 49.4 Å². The van der Waals surface area contributed by atoms with Gasteiger partial charge in [0.1, 0.15) is 5.82 Å². The highest BCUT2D eigenvalue weighted by atomic mass is 32.2. The highest BCUT2D eigenvalue weighted by Gasteiger charge is 2.32. The summed E-state index contributed by atoms with van der Waals surface area (Å²) in [4.78, 5) is 4.39. The van der Waals surface area contributed by atoms with Gasteiger partial charge in [0.15, 0.2) is 20.8 Å². The maximum Gasteiger partial charge on any atom is 0.237 e. The zero-order valence-electron chi connectivity index (χ0n) is 14.2. The topological polar surface area (TPSA) is 104 Å². The van der Waals surface area contributed by atoms with Crippen molar-refractivity contribution >= 4 is 21.6 Å². The van der Waals surface area contributed by atoms with Crippen LogP contribution in [-0.4, -0.2) is 44.8 Å². The Kier molecular flexibility index (Phi) is 4.45. The van der Waals surface area contributed by atoms with Crippen LogP contribution in [0.15, 0.2) is 9.68 Å². The molecule has 1 unspecified atom stereocenters. The average Bonchev–Trinajstić information content (AvgIpc) is 3.15. The third-order valence-corrected chi connectivity index (χ3v) is 6.70. The fraction of sp³-hybridized carbons (Fsp3) is 0.714. The van der Waals surface area contributed by atoms with Gasteiger partial charge in [-0.25, -0.2) is 8.42 Å². The fourth-order valence-electron chi connectivity index (χ4n) is 2.55. The number of sulfone groups is 1. The third-order valence-electron chi connectivity index (χ3n) is 3.93. The van der Waals surface area contributed by atoms with Crippen molar-refractivity contribution in [3.05, 3.63) is 17.5 Å². The molecule has 0 aromatic carbocycles. The highest BCUT2D eigenvalue weighted by Crippen LogP contribution is 2.30. The number of hydrogen-bond donors (Lipinski definition) is 0. The van der Waals surface area contributed by atoms with Crippen molar-refractivity contribution in [3.63, 3.8) is 0 Å². The minimum absolute atomic E-state index is 0.0715. The van der Waals surface area contributed by atoms with Crippen molar-refractivity contribution in [2.75, 3.05) is 11.5 Å². The SMILES string of the molecule is Cn1c(SCc2nc(C(C)(C)C)no2)nnc1C1CCS(=O)(=O)C1. The summed E-state index contributed by atoms with van der Waals surface area (Å²) in [7, 11) is -1.08. The summed E-state index contributed by atoms with van der Waals surface area (Å²) in [5, 5.41) is 13.1. The molecule has 0 spiro atoms. The normalized spacial score (nSPS) is 20.6. The zero-order chi connectivity index (χ0) is 17.5. The fourth-order valence-corrected chi connectivity index (χ4v) is 5.05. The number of thioether (sulfide) groups is 1. The summed E-state index contributed by atoms with van der Waals surface area (Å²) in [5.74, 6) is 2.74. The maximum absolute atomic E-state index is 11.6. The van der Waals surface area contributed by atoms with Gasteiger partial charge in [0.05, 0.1) is 17.3 Å². The second-order valence-corrected chi connectivity index (χ2v) is 10.2. The van der Waals surface area contributed by atoms with Crippen LogP contribution in [0.2, 0.25) is 0 Å². The first-order valence-corrected chi connectivity index (χ1v) is 10.5. The van der Waals surface area contributed by atoms with E-state index in [4.69, 9.17) is 4.52 Å². The van der Waals surface area contributed by atoms with Crippen LogP contribution in [0.4, 0.5) is 0 Å². The summed E-state index contributed by atoms with van der Waals surface area (Å²) in [6.45, 7) is 6.08. The molecule has 1 atom stereocenters. The summed E-state index contributed by atoms with van der Waals surface area (Å²) in [6, 6.07) is 0. The number of aromatic nitrogens is 5. The van der Waals surface area contributed by atoms with Gasteiger partial charge in [-0.2, -0.15) is 4.98 Å². The van der Waals surface area contributed by atoms with E-state index in [9.17, 15) is 8.42 Å². The Balaban J connectivity index is 1.68. The van der Waals surface area contributed by atoms with Crippen LogP contribution in [0.5, 0.6) is 0 Å². The largest absolute Gasteiger partial charge is 0.338 e. The molecule has 0 aliphatic carbocycles. The summed E-state index contributed by atoms with van der Waals surface area (Å²) in [6.07, 6.45) is 0.609. The van der Waals surface area contributed by atoms with Crippen LogP contribution in [0.1, 0.15) is 50.6 Å². The molecule has 2 aromatic rings. The van der Waals surface area contributed by atoms with Gasteiger partial charge >= 0.3 is 0 Å². The van der Waals surface area contributed by atoms with Gasteiger partial charge in [-0.15, -0.1) is 10.2 Å². The molecule has 1 saturated heterocycles. The number of nitrogens with zero attached hydrogens (tertiary/aromatic N) is 5.